The smallest absolute Gasteiger partial charge is 0.393 e. The second-order valence-corrected chi connectivity index (χ2v) is 9.68. The highest BCUT2D eigenvalue weighted by molar-refractivity contribution is 7.99. The number of fused-ring (bicyclic) bond motifs is 1. The Morgan fingerprint density at radius 1 is 1.11 bits per heavy atom. The van der Waals surface area contributed by atoms with Gasteiger partial charge in [0.25, 0.3) is 5.22 Å². The number of nitrogens with zero attached hydrogens (tertiary/aromatic N) is 2. The number of hydrogen-bond donors (Lipinski definition) is 3. The SMILES string of the molecule is COc1ncc(-c2cccc(NC(=O)C(=O)NC(C)(C)CCSc3nc4cc(C(=O)O)ccc4o3)c2)o1. The lowest BCUT2D eigenvalue weighted by Crippen LogP contribution is -2.48. The molecule has 0 unspecified atom stereocenters. The van der Waals surface area contributed by atoms with Crippen LogP contribution in [0.5, 0.6) is 6.08 Å². The molecular formula is C25H24N4O7S. The van der Waals surface area contributed by atoms with Crippen LogP contribution in [0.25, 0.3) is 22.4 Å². The molecule has 0 bridgehead atoms. The van der Waals surface area contributed by atoms with Crippen molar-refractivity contribution in [2.24, 2.45) is 0 Å². The summed E-state index contributed by atoms with van der Waals surface area (Å²) in [4.78, 5) is 44.4. The Balaban J connectivity index is 1.30. The van der Waals surface area contributed by atoms with Crippen LogP contribution in [-0.4, -0.2) is 51.3 Å². The van der Waals surface area contributed by atoms with Crippen LogP contribution >= 0.6 is 11.8 Å². The normalized spacial score (nSPS) is 11.3. The monoisotopic (exact) mass is 524 g/mol. The number of oxazole rings is 2. The van der Waals surface area contributed by atoms with E-state index in [1.165, 1.54) is 37.2 Å². The van der Waals surface area contributed by atoms with Gasteiger partial charge in [-0.2, -0.15) is 4.98 Å². The van der Waals surface area contributed by atoms with Gasteiger partial charge in [0.05, 0.1) is 18.9 Å². The third-order valence-electron chi connectivity index (χ3n) is 5.29. The molecule has 192 valence electrons. The van der Waals surface area contributed by atoms with Crippen molar-refractivity contribution in [3.05, 3.63) is 54.2 Å². The summed E-state index contributed by atoms with van der Waals surface area (Å²) in [6, 6.07) is 11.3. The number of thioether (sulfide) groups is 1. The minimum Gasteiger partial charge on any atom is -0.478 e. The molecular weight excluding hydrogens is 500 g/mol. The maximum absolute atomic E-state index is 12.5. The quantitative estimate of drug-likeness (QED) is 0.214. The first-order valence-corrected chi connectivity index (χ1v) is 12.1. The lowest BCUT2D eigenvalue weighted by molar-refractivity contribution is -0.137. The van der Waals surface area contributed by atoms with Gasteiger partial charge in [-0.15, -0.1) is 0 Å². The van der Waals surface area contributed by atoms with E-state index in [-0.39, 0.29) is 11.6 Å². The summed E-state index contributed by atoms with van der Waals surface area (Å²) >= 11 is 1.33. The van der Waals surface area contributed by atoms with Gasteiger partial charge in [-0.3, -0.25) is 9.59 Å². The molecule has 3 N–H and O–H groups in total. The number of methoxy groups -OCH3 is 1. The van der Waals surface area contributed by atoms with Crippen molar-refractivity contribution in [2.75, 3.05) is 18.2 Å². The number of carbonyl (C=O) groups is 3. The van der Waals surface area contributed by atoms with Crippen molar-refractivity contribution in [1.29, 1.82) is 0 Å². The van der Waals surface area contributed by atoms with Crippen LogP contribution in [0.3, 0.4) is 0 Å². The number of hydrogen-bond acceptors (Lipinski definition) is 9. The fourth-order valence-corrected chi connectivity index (χ4v) is 4.44. The molecule has 2 heterocycles. The minimum absolute atomic E-state index is 0.118. The van der Waals surface area contributed by atoms with E-state index in [0.717, 1.165) is 0 Å². The summed E-state index contributed by atoms with van der Waals surface area (Å²) in [5.41, 5.74) is 1.46. The maximum Gasteiger partial charge on any atom is 0.393 e. The van der Waals surface area contributed by atoms with Gasteiger partial charge in [-0.25, -0.2) is 9.78 Å². The maximum atomic E-state index is 12.5. The number of carboxylic acids is 1. The van der Waals surface area contributed by atoms with E-state index in [2.05, 4.69) is 20.6 Å². The fourth-order valence-electron chi connectivity index (χ4n) is 3.35. The molecule has 0 fully saturated rings. The number of carboxylic acid groups (broad SMARTS) is 1. The molecule has 0 spiro atoms. The number of aromatic nitrogens is 2. The lowest BCUT2D eigenvalue weighted by Gasteiger charge is -2.25. The topological polar surface area (TPSA) is 157 Å². The zero-order valence-electron chi connectivity index (χ0n) is 20.2. The van der Waals surface area contributed by atoms with Gasteiger partial charge in [-0.1, -0.05) is 23.9 Å². The van der Waals surface area contributed by atoms with Crippen molar-refractivity contribution >= 4 is 46.3 Å². The highest BCUT2D eigenvalue weighted by atomic mass is 32.2. The van der Waals surface area contributed by atoms with E-state index < -0.39 is 23.3 Å². The molecule has 37 heavy (non-hydrogen) atoms. The van der Waals surface area contributed by atoms with E-state index in [1.807, 2.05) is 13.8 Å². The highest BCUT2D eigenvalue weighted by Gasteiger charge is 2.25. The van der Waals surface area contributed by atoms with E-state index in [4.69, 9.17) is 18.7 Å². The Hall–Kier alpha value is -4.32. The van der Waals surface area contributed by atoms with Crippen molar-refractivity contribution < 1.29 is 33.1 Å². The zero-order valence-corrected chi connectivity index (χ0v) is 21.0. The van der Waals surface area contributed by atoms with Crippen LogP contribution in [-0.2, 0) is 9.59 Å². The third kappa shape index (κ3) is 6.47. The molecule has 0 radical (unpaired) electrons. The molecule has 4 rings (SSSR count). The van der Waals surface area contributed by atoms with E-state index in [1.54, 1.807) is 30.3 Å². The molecule has 2 aromatic heterocycles. The van der Waals surface area contributed by atoms with Crippen molar-refractivity contribution in [3.63, 3.8) is 0 Å². The van der Waals surface area contributed by atoms with Crippen LogP contribution in [0.4, 0.5) is 5.69 Å². The number of carbonyl (C=O) groups excluding carboxylic acids is 2. The second kappa shape index (κ2) is 10.7. The van der Waals surface area contributed by atoms with Crippen LogP contribution < -0.4 is 15.4 Å². The zero-order chi connectivity index (χ0) is 26.6. The summed E-state index contributed by atoms with van der Waals surface area (Å²) in [6.07, 6.45) is 2.13. The van der Waals surface area contributed by atoms with Gasteiger partial charge in [0.2, 0.25) is 0 Å². The molecule has 2 aromatic carbocycles. The molecule has 4 aromatic rings. The molecule has 0 saturated carbocycles. The number of benzene rings is 2. The summed E-state index contributed by atoms with van der Waals surface area (Å²) in [6.45, 7) is 3.61. The lowest BCUT2D eigenvalue weighted by atomic mass is 10.0. The van der Waals surface area contributed by atoms with Gasteiger partial charge in [0.15, 0.2) is 11.3 Å². The van der Waals surface area contributed by atoms with Crippen molar-refractivity contribution in [3.8, 4) is 17.4 Å². The summed E-state index contributed by atoms with van der Waals surface area (Å²) in [5, 5.41) is 14.8. The summed E-state index contributed by atoms with van der Waals surface area (Å²) < 4.78 is 16.0. The Kier molecular flexibility index (Phi) is 7.48. The van der Waals surface area contributed by atoms with Gasteiger partial charge >= 0.3 is 23.9 Å². The van der Waals surface area contributed by atoms with E-state index in [0.29, 0.717) is 45.5 Å². The van der Waals surface area contributed by atoms with Crippen LogP contribution in [0.2, 0.25) is 0 Å². The fraction of sp³-hybridized carbons (Fsp3) is 0.240. The van der Waals surface area contributed by atoms with Crippen LogP contribution in [0.15, 0.2) is 62.7 Å². The first-order chi connectivity index (χ1) is 17.6. The molecule has 2 amide bonds. The minimum atomic E-state index is -1.04. The second-order valence-electron chi connectivity index (χ2n) is 8.63. The number of nitrogens with one attached hydrogen (secondary N) is 2. The average Bonchev–Trinajstić information content (AvgIpc) is 3.50. The molecule has 0 aliphatic heterocycles. The number of amides is 2. The molecule has 0 aliphatic rings. The van der Waals surface area contributed by atoms with E-state index >= 15 is 0 Å². The molecule has 0 saturated heterocycles. The Bertz CT molecular complexity index is 1460. The number of aromatic carboxylic acids is 1. The Morgan fingerprint density at radius 3 is 2.65 bits per heavy atom. The largest absolute Gasteiger partial charge is 0.478 e. The van der Waals surface area contributed by atoms with Gasteiger partial charge in [-0.05, 0) is 50.6 Å². The predicted molar refractivity (Wildman–Crippen MR) is 136 cm³/mol. The molecule has 12 heteroatoms. The molecule has 11 nitrogen and oxygen atoms in total. The van der Waals surface area contributed by atoms with Gasteiger partial charge in [0, 0.05) is 22.5 Å². The number of anilines is 1. The first-order valence-electron chi connectivity index (χ1n) is 11.1. The van der Waals surface area contributed by atoms with Crippen molar-refractivity contribution in [1.82, 2.24) is 15.3 Å². The standard InChI is InChI=1S/C25H24N4O7S/c1-25(2,9-10-37-24-28-17-12-15(22(32)33)7-8-18(17)36-24)29-21(31)20(30)27-16-6-4-5-14(11-16)19-13-26-23(34-3)35-19/h4-8,11-13H,9-10H2,1-3H3,(H,27,30)(H,29,31)(H,32,33). The molecule has 0 aliphatic carbocycles. The average molecular weight is 525 g/mol. The summed E-state index contributed by atoms with van der Waals surface area (Å²) in [5.74, 6) is -1.62. The predicted octanol–water partition coefficient (Wildman–Crippen LogP) is 4.21. The van der Waals surface area contributed by atoms with Crippen molar-refractivity contribution in [2.45, 2.75) is 31.0 Å². The first kappa shape index (κ1) is 25.8. The van der Waals surface area contributed by atoms with E-state index in [9.17, 15) is 14.4 Å². The van der Waals surface area contributed by atoms with Crippen LogP contribution in [0, 0.1) is 0 Å². The van der Waals surface area contributed by atoms with Crippen LogP contribution in [0.1, 0.15) is 30.6 Å². The van der Waals surface area contributed by atoms with Gasteiger partial charge in [0.1, 0.15) is 5.52 Å². The highest BCUT2D eigenvalue weighted by Crippen LogP contribution is 2.27. The Labute approximate surface area is 215 Å². The number of rotatable bonds is 9. The third-order valence-corrected chi connectivity index (χ3v) is 6.12. The molecule has 0 atom stereocenters. The van der Waals surface area contributed by atoms with Gasteiger partial charge < -0.3 is 29.3 Å². The Morgan fingerprint density at radius 2 is 1.92 bits per heavy atom. The number of ether oxygens (including phenoxy) is 1. The summed E-state index contributed by atoms with van der Waals surface area (Å²) in [7, 11) is 1.44.